The van der Waals surface area contributed by atoms with Gasteiger partial charge in [-0.2, -0.15) is 0 Å². The Hall–Kier alpha value is -1.72. The summed E-state index contributed by atoms with van der Waals surface area (Å²) < 4.78 is 14.8. The normalized spacial score (nSPS) is 11.2. The van der Waals surface area contributed by atoms with Gasteiger partial charge in [0.15, 0.2) is 0 Å². The molecule has 0 atom stereocenters. The highest BCUT2D eigenvalue weighted by Crippen LogP contribution is 2.08. The van der Waals surface area contributed by atoms with E-state index in [-0.39, 0.29) is 5.82 Å². The molecule has 2 aromatic rings. The molecule has 0 unspecified atom stereocenters. The molecule has 0 fully saturated rings. The summed E-state index contributed by atoms with van der Waals surface area (Å²) in [6.45, 7) is 2.93. The lowest BCUT2D eigenvalue weighted by molar-refractivity contribution is 0.315. The van der Waals surface area contributed by atoms with Crippen LogP contribution < -0.4 is 5.73 Å². The van der Waals surface area contributed by atoms with E-state index in [9.17, 15) is 4.39 Å². The molecular formula is C14H19FN4. The van der Waals surface area contributed by atoms with E-state index in [1.807, 2.05) is 17.8 Å². The zero-order chi connectivity index (χ0) is 13.7. The third-order valence-electron chi connectivity index (χ3n) is 2.87. The van der Waals surface area contributed by atoms with Crippen molar-refractivity contribution in [1.82, 2.24) is 14.5 Å². The summed E-state index contributed by atoms with van der Waals surface area (Å²) in [5.41, 5.74) is 7.60. The molecule has 0 aliphatic heterocycles. The molecule has 5 heteroatoms. The van der Waals surface area contributed by atoms with Crippen LogP contribution in [-0.4, -0.2) is 28.0 Å². The van der Waals surface area contributed by atoms with E-state index in [0.717, 1.165) is 30.9 Å². The summed E-state index contributed by atoms with van der Waals surface area (Å²) in [6.07, 6.45) is 3.81. The first-order chi connectivity index (χ1) is 9.17. The summed E-state index contributed by atoms with van der Waals surface area (Å²) in [5.74, 6) is -0.202. The highest BCUT2D eigenvalue weighted by atomic mass is 19.1. The minimum absolute atomic E-state index is 0.202. The molecule has 0 amide bonds. The van der Waals surface area contributed by atoms with E-state index in [1.165, 1.54) is 12.1 Å². The Morgan fingerprint density at radius 3 is 2.68 bits per heavy atom. The Balaban J connectivity index is 1.89. The maximum atomic E-state index is 12.8. The van der Waals surface area contributed by atoms with Crippen molar-refractivity contribution in [2.24, 2.45) is 5.73 Å². The van der Waals surface area contributed by atoms with E-state index in [4.69, 9.17) is 5.73 Å². The second-order valence-electron chi connectivity index (χ2n) is 4.69. The first-order valence-corrected chi connectivity index (χ1v) is 6.31. The van der Waals surface area contributed by atoms with Crippen molar-refractivity contribution in [2.45, 2.75) is 19.6 Å². The van der Waals surface area contributed by atoms with Crippen LogP contribution in [0.15, 0.2) is 36.8 Å². The Morgan fingerprint density at radius 1 is 1.26 bits per heavy atom. The van der Waals surface area contributed by atoms with Crippen LogP contribution >= 0.6 is 0 Å². The lowest BCUT2D eigenvalue weighted by Gasteiger charge is -2.15. The number of nitrogens with two attached hydrogens (primary N) is 1. The molecule has 0 saturated carbocycles. The lowest BCUT2D eigenvalue weighted by atomic mass is 10.2. The predicted octanol–water partition coefficient (Wildman–Crippen LogP) is 1.61. The minimum atomic E-state index is -0.202. The first-order valence-electron chi connectivity index (χ1n) is 6.31. The van der Waals surface area contributed by atoms with Crippen LogP contribution in [0.25, 0.3) is 0 Å². The van der Waals surface area contributed by atoms with Gasteiger partial charge in [-0.3, -0.25) is 4.90 Å². The van der Waals surface area contributed by atoms with Gasteiger partial charge in [0.25, 0.3) is 0 Å². The summed E-state index contributed by atoms with van der Waals surface area (Å²) in [6, 6.07) is 6.58. The maximum Gasteiger partial charge on any atom is 0.123 e. The summed E-state index contributed by atoms with van der Waals surface area (Å²) >= 11 is 0. The largest absolute Gasteiger partial charge is 0.336 e. The number of rotatable bonds is 6. The molecule has 0 spiro atoms. The van der Waals surface area contributed by atoms with E-state index in [2.05, 4.69) is 9.88 Å². The number of benzene rings is 1. The molecule has 0 saturated heterocycles. The fraction of sp³-hybridized carbons (Fsp3) is 0.357. The van der Waals surface area contributed by atoms with E-state index in [1.54, 1.807) is 18.5 Å². The Bertz CT molecular complexity index is 506. The number of halogens is 1. The minimum Gasteiger partial charge on any atom is -0.336 e. The monoisotopic (exact) mass is 262 g/mol. The molecule has 1 aromatic heterocycles. The van der Waals surface area contributed by atoms with Crippen LogP contribution in [0.5, 0.6) is 0 Å². The van der Waals surface area contributed by atoms with Crippen LogP contribution in [0.2, 0.25) is 0 Å². The fourth-order valence-corrected chi connectivity index (χ4v) is 1.99. The zero-order valence-corrected chi connectivity index (χ0v) is 11.1. The van der Waals surface area contributed by atoms with Crippen molar-refractivity contribution in [3.05, 3.63) is 53.9 Å². The molecule has 102 valence electrons. The molecule has 2 rings (SSSR count). The second-order valence-corrected chi connectivity index (χ2v) is 4.69. The van der Waals surface area contributed by atoms with Gasteiger partial charge in [-0.15, -0.1) is 0 Å². The third kappa shape index (κ3) is 4.15. The van der Waals surface area contributed by atoms with E-state index in [0.29, 0.717) is 6.54 Å². The van der Waals surface area contributed by atoms with Crippen molar-refractivity contribution in [3.63, 3.8) is 0 Å². The summed E-state index contributed by atoms with van der Waals surface area (Å²) in [7, 11) is 2.02. The van der Waals surface area contributed by atoms with Crippen molar-refractivity contribution in [1.29, 1.82) is 0 Å². The maximum absolute atomic E-state index is 12.8. The molecule has 1 heterocycles. The highest BCUT2D eigenvalue weighted by Gasteiger charge is 2.04. The zero-order valence-electron chi connectivity index (χ0n) is 11.1. The molecule has 4 nitrogen and oxygen atoms in total. The number of hydrogen-bond acceptors (Lipinski definition) is 3. The van der Waals surface area contributed by atoms with Gasteiger partial charge in [0.2, 0.25) is 0 Å². The smallest absolute Gasteiger partial charge is 0.123 e. The topological polar surface area (TPSA) is 47.1 Å². The summed E-state index contributed by atoms with van der Waals surface area (Å²) in [4.78, 5) is 6.48. The fourth-order valence-electron chi connectivity index (χ4n) is 1.99. The Kier molecular flexibility index (Phi) is 4.65. The van der Waals surface area contributed by atoms with Gasteiger partial charge in [0.1, 0.15) is 5.82 Å². The second kappa shape index (κ2) is 6.45. The molecule has 0 bridgehead atoms. The van der Waals surface area contributed by atoms with Crippen LogP contribution in [-0.2, 0) is 19.6 Å². The van der Waals surface area contributed by atoms with Crippen molar-refractivity contribution in [3.8, 4) is 0 Å². The Labute approximate surface area is 112 Å². The average molecular weight is 262 g/mol. The Morgan fingerprint density at radius 2 is 2.00 bits per heavy atom. The molecule has 0 aliphatic carbocycles. The van der Waals surface area contributed by atoms with Crippen LogP contribution in [0.3, 0.4) is 0 Å². The van der Waals surface area contributed by atoms with Gasteiger partial charge in [0.05, 0.1) is 12.0 Å². The van der Waals surface area contributed by atoms with Gasteiger partial charge < -0.3 is 10.3 Å². The van der Waals surface area contributed by atoms with Crippen LogP contribution in [0.1, 0.15) is 11.3 Å². The molecule has 19 heavy (non-hydrogen) atoms. The van der Waals surface area contributed by atoms with Gasteiger partial charge in [-0.05, 0) is 24.7 Å². The lowest BCUT2D eigenvalue weighted by Crippen LogP contribution is -2.17. The SMILES string of the molecule is CN(Cc1ccc(F)cc1)Cc1cn(CCN)cn1. The average Bonchev–Trinajstić information content (AvgIpc) is 2.80. The predicted molar refractivity (Wildman–Crippen MR) is 72.9 cm³/mol. The summed E-state index contributed by atoms with van der Waals surface area (Å²) in [5, 5.41) is 0. The molecule has 0 radical (unpaired) electrons. The van der Waals surface area contributed by atoms with Crippen LogP contribution in [0, 0.1) is 5.82 Å². The van der Waals surface area contributed by atoms with Gasteiger partial charge in [-0.1, -0.05) is 12.1 Å². The number of nitrogens with zero attached hydrogens (tertiary/aromatic N) is 3. The van der Waals surface area contributed by atoms with Gasteiger partial charge >= 0.3 is 0 Å². The highest BCUT2D eigenvalue weighted by molar-refractivity contribution is 5.15. The van der Waals surface area contributed by atoms with E-state index >= 15 is 0 Å². The third-order valence-corrected chi connectivity index (χ3v) is 2.87. The molecule has 1 aromatic carbocycles. The van der Waals surface area contributed by atoms with Crippen molar-refractivity contribution < 1.29 is 4.39 Å². The van der Waals surface area contributed by atoms with E-state index < -0.39 is 0 Å². The number of aromatic nitrogens is 2. The molecule has 2 N–H and O–H groups in total. The quantitative estimate of drug-likeness (QED) is 0.860. The molecule has 0 aliphatic rings. The van der Waals surface area contributed by atoms with Crippen molar-refractivity contribution >= 4 is 0 Å². The number of imidazole rings is 1. The first kappa shape index (κ1) is 13.7. The number of hydrogen-bond donors (Lipinski definition) is 1. The van der Waals surface area contributed by atoms with Crippen molar-refractivity contribution in [2.75, 3.05) is 13.6 Å². The van der Waals surface area contributed by atoms with Crippen LogP contribution in [0.4, 0.5) is 4.39 Å². The molecular weight excluding hydrogens is 243 g/mol. The standard InChI is InChI=1S/C14H19FN4/c1-18(8-12-2-4-13(15)5-3-12)9-14-10-19(7-6-16)11-17-14/h2-5,10-11H,6-9,16H2,1H3. The van der Waals surface area contributed by atoms with Gasteiger partial charge in [-0.25, -0.2) is 9.37 Å². The van der Waals surface area contributed by atoms with Gasteiger partial charge in [0, 0.05) is 32.4 Å².